The van der Waals surface area contributed by atoms with Gasteiger partial charge in [-0.05, 0) is 44.4 Å². The van der Waals surface area contributed by atoms with Gasteiger partial charge in [0.05, 0.1) is 13.2 Å². The Morgan fingerprint density at radius 2 is 1.94 bits per heavy atom. The van der Waals surface area contributed by atoms with Crippen molar-refractivity contribution < 1.29 is 9.47 Å². The minimum atomic E-state index is 0.378. The standard InChI is InChI=1S/C15H23NO2/c1-4-18-15-9-13(10-15)16-11(2)12-5-7-14(17-3)8-6-12/h5-8,11,13,15-16H,4,9-10H2,1-3H3. The monoisotopic (exact) mass is 249 g/mol. The molecular formula is C15H23NO2. The normalized spacial score (nSPS) is 24.4. The third kappa shape index (κ3) is 3.24. The molecule has 1 unspecified atom stereocenters. The average Bonchev–Trinajstić information content (AvgIpc) is 2.36. The molecule has 1 fully saturated rings. The summed E-state index contributed by atoms with van der Waals surface area (Å²) < 4.78 is 10.7. The van der Waals surface area contributed by atoms with Crippen LogP contribution < -0.4 is 10.1 Å². The summed E-state index contributed by atoms with van der Waals surface area (Å²) in [5, 5.41) is 3.64. The maximum atomic E-state index is 5.57. The predicted molar refractivity (Wildman–Crippen MR) is 73.0 cm³/mol. The molecule has 0 radical (unpaired) electrons. The van der Waals surface area contributed by atoms with Crippen molar-refractivity contribution in [2.75, 3.05) is 13.7 Å². The van der Waals surface area contributed by atoms with Crippen molar-refractivity contribution in [3.05, 3.63) is 29.8 Å². The van der Waals surface area contributed by atoms with Gasteiger partial charge in [0.1, 0.15) is 5.75 Å². The van der Waals surface area contributed by atoms with Gasteiger partial charge in [-0.1, -0.05) is 12.1 Å². The molecule has 1 aromatic carbocycles. The van der Waals surface area contributed by atoms with Crippen molar-refractivity contribution in [3.8, 4) is 5.75 Å². The van der Waals surface area contributed by atoms with E-state index in [1.54, 1.807) is 7.11 Å². The van der Waals surface area contributed by atoms with Crippen molar-refractivity contribution in [2.24, 2.45) is 0 Å². The molecule has 0 aromatic heterocycles. The highest BCUT2D eigenvalue weighted by molar-refractivity contribution is 5.28. The summed E-state index contributed by atoms with van der Waals surface area (Å²) in [7, 11) is 1.69. The van der Waals surface area contributed by atoms with Crippen LogP contribution in [0.1, 0.15) is 38.3 Å². The first-order chi connectivity index (χ1) is 8.72. The van der Waals surface area contributed by atoms with Gasteiger partial charge in [-0.15, -0.1) is 0 Å². The maximum absolute atomic E-state index is 5.57. The molecule has 0 heterocycles. The van der Waals surface area contributed by atoms with Gasteiger partial charge in [0.25, 0.3) is 0 Å². The van der Waals surface area contributed by atoms with Crippen molar-refractivity contribution in [1.82, 2.24) is 5.32 Å². The Bertz CT molecular complexity index is 357. The van der Waals surface area contributed by atoms with E-state index < -0.39 is 0 Å². The smallest absolute Gasteiger partial charge is 0.118 e. The van der Waals surface area contributed by atoms with Crippen LogP contribution in [0.2, 0.25) is 0 Å². The molecule has 0 aliphatic heterocycles. The molecule has 100 valence electrons. The minimum absolute atomic E-state index is 0.378. The Labute approximate surface area is 109 Å². The Balaban J connectivity index is 1.79. The lowest BCUT2D eigenvalue weighted by Gasteiger charge is -2.37. The topological polar surface area (TPSA) is 30.5 Å². The first-order valence-electron chi connectivity index (χ1n) is 6.74. The van der Waals surface area contributed by atoms with Crippen molar-refractivity contribution in [3.63, 3.8) is 0 Å². The summed E-state index contributed by atoms with van der Waals surface area (Å²) in [5.74, 6) is 0.908. The summed E-state index contributed by atoms with van der Waals surface area (Å²) in [6.07, 6.45) is 2.73. The molecule has 0 bridgehead atoms. The zero-order valence-corrected chi connectivity index (χ0v) is 11.5. The second-order valence-electron chi connectivity index (χ2n) is 4.91. The predicted octanol–water partition coefficient (Wildman–Crippen LogP) is 2.91. The van der Waals surface area contributed by atoms with E-state index in [0.717, 1.165) is 25.2 Å². The Kier molecular flexibility index (Phi) is 4.61. The van der Waals surface area contributed by atoms with E-state index in [-0.39, 0.29) is 0 Å². The zero-order valence-electron chi connectivity index (χ0n) is 11.5. The van der Waals surface area contributed by atoms with Crippen LogP contribution in [0, 0.1) is 0 Å². The number of benzene rings is 1. The molecule has 0 spiro atoms. The highest BCUT2D eigenvalue weighted by Gasteiger charge is 2.30. The Hall–Kier alpha value is -1.06. The van der Waals surface area contributed by atoms with Crippen molar-refractivity contribution >= 4 is 0 Å². The lowest BCUT2D eigenvalue weighted by atomic mass is 9.88. The summed E-state index contributed by atoms with van der Waals surface area (Å²) in [5.41, 5.74) is 1.30. The molecule has 3 heteroatoms. The van der Waals surface area contributed by atoms with E-state index in [9.17, 15) is 0 Å². The van der Waals surface area contributed by atoms with Gasteiger partial charge in [-0.25, -0.2) is 0 Å². The number of hydrogen-bond acceptors (Lipinski definition) is 3. The van der Waals surface area contributed by atoms with Crippen LogP contribution in [-0.4, -0.2) is 25.9 Å². The van der Waals surface area contributed by atoms with Gasteiger partial charge in [-0.3, -0.25) is 0 Å². The molecule has 2 rings (SSSR count). The highest BCUT2D eigenvalue weighted by atomic mass is 16.5. The fraction of sp³-hybridized carbons (Fsp3) is 0.600. The van der Waals surface area contributed by atoms with Gasteiger partial charge >= 0.3 is 0 Å². The van der Waals surface area contributed by atoms with Crippen molar-refractivity contribution in [2.45, 2.75) is 44.9 Å². The van der Waals surface area contributed by atoms with Crippen LogP contribution in [0.3, 0.4) is 0 Å². The minimum Gasteiger partial charge on any atom is -0.497 e. The molecule has 0 saturated heterocycles. The lowest BCUT2D eigenvalue weighted by Crippen LogP contribution is -2.46. The Morgan fingerprint density at radius 3 is 2.50 bits per heavy atom. The number of hydrogen-bond donors (Lipinski definition) is 1. The number of ether oxygens (including phenoxy) is 2. The van der Waals surface area contributed by atoms with Crippen LogP contribution in [0.15, 0.2) is 24.3 Å². The summed E-state index contributed by atoms with van der Waals surface area (Å²) >= 11 is 0. The van der Waals surface area contributed by atoms with E-state index in [1.165, 1.54) is 5.56 Å². The average molecular weight is 249 g/mol. The molecule has 1 aliphatic carbocycles. The fourth-order valence-corrected chi connectivity index (χ4v) is 2.42. The molecule has 1 aromatic rings. The van der Waals surface area contributed by atoms with Crippen LogP contribution in [-0.2, 0) is 4.74 Å². The van der Waals surface area contributed by atoms with E-state index in [1.807, 2.05) is 12.1 Å². The fourth-order valence-electron chi connectivity index (χ4n) is 2.42. The first-order valence-corrected chi connectivity index (χ1v) is 6.74. The van der Waals surface area contributed by atoms with Crippen LogP contribution in [0.5, 0.6) is 5.75 Å². The summed E-state index contributed by atoms with van der Waals surface area (Å²) in [6, 6.07) is 9.24. The molecule has 1 aliphatic rings. The SMILES string of the molecule is CCOC1CC(NC(C)c2ccc(OC)cc2)C1. The second-order valence-corrected chi connectivity index (χ2v) is 4.91. The van der Waals surface area contributed by atoms with Crippen LogP contribution >= 0.6 is 0 Å². The van der Waals surface area contributed by atoms with Gasteiger partial charge < -0.3 is 14.8 Å². The number of rotatable bonds is 6. The van der Waals surface area contributed by atoms with E-state index in [0.29, 0.717) is 18.2 Å². The van der Waals surface area contributed by atoms with Gasteiger partial charge in [0.2, 0.25) is 0 Å². The maximum Gasteiger partial charge on any atom is 0.118 e. The molecule has 18 heavy (non-hydrogen) atoms. The quantitative estimate of drug-likeness (QED) is 0.841. The number of methoxy groups -OCH3 is 1. The molecule has 3 nitrogen and oxygen atoms in total. The number of nitrogens with one attached hydrogen (secondary N) is 1. The molecule has 0 amide bonds. The van der Waals surface area contributed by atoms with Gasteiger partial charge in [0.15, 0.2) is 0 Å². The lowest BCUT2D eigenvalue weighted by molar-refractivity contribution is -0.0120. The third-order valence-electron chi connectivity index (χ3n) is 3.60. The van der Waals surface area contributed by atoms with Gasteiger partial charge in [-0.2, -0.15) is 0 Å². The molecule has 1 atom stereocenters. The molecule has 1 saturated carbocycles. The third-order valence-corrected chi connectivity index (χ3v) is 3.60. The van der Waals surface area contributed by atoms with Crippen LogP contribution in [0.25, 0.3) is 0 Å². The molecule has 1 N–H and O–H groups in total. The highest BCUT2D eigenvalue weighted by Crippen LogP contribution is 2.26. The van der Waals surface area contributed by atoms with E-state index in [4.69, 9.17) is 9.47 Å². The van der Waals surface area contributed by atoms with E-state index >= 15 is 0 Å². The molecular weight excluding hydrogens is 226 g/mol. The summed E-state index contributed by atoms with van der Waals surface area (Å²) in [6.45, 7) is 5.09. The summed E-state index contributed by atoms with van der Waals surface area (Å²) in [4.78, 5) is 0. The zero-order chi connectivity index (χ0) is 13.0. The van der Waals surface area contributed by atoms with Crippen LogP contribution in [0.4, 0.5) is 0 Å². The Morgan fingerprint density at radius 1 is 1.28 bits per heavy atom. The van der Waals surface area contributed by atoms with Gasteiger partial charge in [0, 0.05) is 18.7 Å². The largest absolute Gasteiger partial charge is 0.497 e. The van der Waals surface area contributed by atoms with E-state index in [2.05, 4.69) is 31.3 Å². The van der Waals surface area contributed by atoms with Crippen molar-refractivity contribution in [1.29, 1.82) is 0 Å². The first kappa shape index (κ1) is 13.4. The second kappa shape index (κ2) is 6.21.